The van der Waals surface area contributed by atoms with Crippen molar-refractivity contribution in [2.45, 2.75) is 11.2 Å². The minimum absolute atomic E-state index is 0.206. The van der Waals surface area contributed by atoms with Crippen LogP contribution in [0.1, 0.15) is 6.42 Å². The van der Waals surface area contributed by atoms with Crippen LogP contribution in [0.15, 0.2) is 48.5 Å². The van der Waals surface area contributed by atoms with E-state index < -0.39 is 20.7 Å². The van der Waals surface area contributed by atoms with Gasteiger partial charge in [0.1, 0.15) is 0 Å². The van der Waals surface area contributed by atoms with Crippen LogP contribution in [0.5, 0.6) is 11.5 Å². The number of nitrogens with one attached hydrogen (secondary N) is 1. The molecule has 0 spiro atoms. The first-order chi connectivity index (χ1) is 12.9. The number of carbonyl (C=O) groups is 1. The van der Waals surface area contributed by atoms with Crippen LogP contribution in [0.2, 0.25) is 0 Å². The van der Waals surface area contributed by atoms with E-state index in [0.717, 1.165) is 0 Å². The molecule has 7 nitrogen and oxygen atoms in total. The number of methoxy groups -OCH3 is 2. The number of para-hydroxylation sites is 1. The molecule has 1 amide bonds. The first-order valence-corrected chi connectivity index (χ1v) is 9.99. The topological polar surface area (TPSA) is 84.9 Å². The predicted molar refractivity (Wildman–Crippen MR) is 102 cm³/mol. The number of amides is 1. The normalized spacial score (nSPS) is 24.8. The van der Waals surface area contributed by atoms with E-state index in [1.54, 1.807) is 42.5 Å². The summed E-state index contributed by atoms with van der Waals surface area (Å²) in [6.45, 7) is 0.325. The van der Waals surface area contributed by atoms with Crippen LogP contribution in [-0.2, 0) is 14.8 Å². The number of hydrogen-bond acceptors (Lipinski definition) is 5. The fourth-order valence-corrected chi connectivity index (χ4v) is 6.08. The third-order valence-electron chi connectivity index (χ3n) is 5.26. The van der Waals surface area contributed by atoms with Gasteiger partial charge in [-0.25, -0.2) is 8.42 Å². The SMILES string of the molecule is COc1ccc(NC(=O)[C@]23C[C@H]2CN(c2ccccc2)S3(=O)=O)cc1OC. The molecule has 142 valence electrons. The highest BCUT2D eigenvalue weighted by atomic mass is 32.2. The molecular formula is C19H20N2O5S. The minimum Gasteiger partial charge on any atom is -0.493 e. The summed E-state index contributed by atoms with van der Waals surface area (Å²) in [5.74, 6) is 0.281. The molecule has 1 aliphatic carbocycles. The number of sulfonamides is 1. The smallest absolute Gasteiger partial charge is 0.250 e. The van der Waals surface area contributed by atoms with Gasteiger partial charge in [-0.05, 0) is 30.7 Å². The van der Waals surface area contributed by atoms with E-state index in [1.807, 2.05) is 6.07 Å². The molecule has 4 rings (SSSR count). The summed E-state index contributed by atoms with van der Waals surface area (Å²) in [7, 11) is -0.770. The molecule has 2 aliphatic rings. The molecule has 2 aromatic carbocycles. The Hall–Kier alpha value is -2.74. The number of ether oxygens (including phenoxy) is 2. The Morgan fingerprint density at radius 1 is 1.11 bits per heavy atom. The first kappa shape index (κ1) is 17.7. The molecule has 1 saturated heterocycles. The second kappa shape index (κ2) is 6.16. The van der Waals surface area contributed by atoms with Gasteiger partial charge in [0.15, 0.2) is 16.2 Å². The molecule has 0 radical (unpaired) electrons. The van der Waals surface area contributed by atoms with E-state index in [1.165, 1.54) is 18.5 Å². The van der Waals surface area contributed by atoms with Gasteiger partial charge in [-0.15, -0.1) is 0 Å². The fourth-order valence-electron chi connectivity index (χ4n) is 3.71. The molecule has 2 aromatic rings. The summed E-state index contributed by atoms with van der Waals surface area (Å²) in [6, 6.07) is 13.8. The largest absolute Gasteiger partial charge is 0.493 e. The number of rotatable bonds is 5. The second-order valence-electron chi connectivity index (χ2n) is 6.69. The summed E-state index contributed by atoms with van der Waals surface area (Å²) in [5.41, 5.74) is 1.05. The Morgan fingerprint density at radius 2 is 1.81 bits per heavy atom. The lowest BCUT2D eigenvalue weighted by Crippen LogP contribution is -2.42. The standard InChI is InChI=1S/C19H20N2O5S/c1-25-16-9-8-14(10-17(16)26-2)20-18(22)19-11-13(19)12-21(27(19,23)24)15-6-4-3-5-7-15/h3-10,13H,11-12H2,1-2H3,(H,20,22)/t13-,19-/m0/s1. The maximum atomic E-state index is 13.1. The molecule has 1 saturated carbocycles. The number of fused-ring (bicyclic) bond motifs is 1. The number of carbonyl (C=O) groups excluding carboxylic acids is 1. The molecule has 1 N–H and O–H groups in total. The summed E-state index contributed by atoms with van der Waals surface area (Å²) < 4.78 is 36.6. The first-order valence-electron chi connectivity index (χ1n) is 8.55. The zero-order valence-corrected chi connectivity index (χ0v) is 15.8. The van der Waals surface area contributed by atoms with E-state index in [0.29, 0.717) is 35.8 Å². The highest BCUT2D eigenvalue weighted by Gasteiger charge is 2.75. The Morgan fingerprint density at radius 3 is 2.48 bits per heavy atom. The third-order valence-corrected chi connectivity index (χ3v) is 7.80. The summed E-state index contributed by atoms with van der Waals surface area (Å²) in [6.07, 6.45) is 0.345. The van der Waals surface area contributed by atoms with Crippen molar-refractivity contribution in [2.24, 2.45) is 5.92 Å². The molecule has 27 heavy (non-hydrogen) atoms. The van der Waals surface area contributed by atoms with E-state index in [4.69, 9.17) is 9.47 Å². The zero-order chi connectivity index (χ0) is 19.2. The van der Waals surface area contributed by atoms with Crippen molar-refractivity contribution in [1.29, 1.82) is 0 Å². The van der Waals surface area contributed by atoms with E-state index in [-0.39, 0.29) is 5.92 Å². The van der Waals surface area contributed by atoms with Crippen LogP contribution in [-0.4, -0.2) is 39.8 Å². The van der Waals surface area contributed by atoms with Gasteiger partial charge in [0.05, 0.1) is 19.9 Å². The highest BCUT2D eigenvalue weighted by molar-refractivity contribution is 7.95. The predicted octanol–water partition coefficient (Wildman–Crippen LogP) is 2.25. The lowest BCUT2D eigenvalue weighted by molar-refractivity contribution is -0.116. The summed E-state index contributed by atoms with van der Waals surface area (Å²) in [5, 5.41) is 2.74. The number of nitrogens with zero attached hydrogens (tertiary/aromatic N) is 1. The number of anilines is 2. The Balaban J connectivity index is 1.60. The fraction of sp³-hybridized carbons (Fsp3) is 0.316. The Bertz CT molecular complexity index is 992. The molecule has 1 heterocycles. The van der Waals surface area contributed by atoms with E-state index >= 15 is 0 Å². The van der Waals surface area contributed by atoms with Gasteiger partial charge in [0.2, 0.25) is 15.9 Å². The van der Waals surface area contributed by atoms with E-state index in [9.17, 15) is 13.2 Å². The van der Waals surface area contributed by atoms with Gasteiger partial charge in [-0.2, -0.15) is 0 Å². The average molecular weight is 388 g/mol. The third kappa shape index (κ3) is 2.55. The molecule has 2 atom stereocenters. The molecule has 2 fully saturated rings. The van der Waals surface area contributed by atoms with Crippen molar-refractivity contribution in [2.75, 3.05) is 30.4 Å². The van der Waals surface area contributed by atoms with Crippen molar-refractivity contribution in [1.82, 2.24) is 0 Å². The second-order valence-corrected chi connectivity index (χ2v) is 8.81. The van der Waals surface area contributed by atoms with E-state index in [2.05, 4.69) is 5.32 Å². The summed E-state index contributed by atoms with van der Waals surface area (Å²) >= 11 is 0. The molecule has 0 aromatic heterocycles. The monoisotopic (exact) mass is 388 g/mol. The van der Waals surface area contributed by atoms with Gasteiger partial charge < -0.3 is 14.8 Å². The molecule has 0 unspecified atom stereocenters. The number of benzene rings is 2. The molecule has 1 aliphatic heterocycles. The maximum absolute atomic E-state index is 13.1. The van der Waals surface area contributed by atoms with Crippen molar-refractivity contribution < 1.29 is 22.7 Å². The van der Waals surface area contributed by atoms with Crippen molar-refractivity contribution in [3.8, 4) is 11.5 Å². The van der Waals surface area contributed by atoms with Crippen molar-refractivity contribution >= 4 is 27.3 Å². The van der Waals surface area contributed by atoms with Crippen molar-refractivity contribution in [3.05, 3.63) is 48.5 Å². The van der Waals surface area contributed by atoms with Crippen LogP contribution in [0.4, 0.5) is 11.4 Å². The highest BCUT2D eigenvalue weighted by Crippen LogP contribution is 2.58. The van der Waals surface area contributed by atoms with Crippen LogP contribution in [0.25, 0.3) is 0 Å². The van der Waals surface area contributed by atoms with Gasteiger partial charge in [-0.1, -0.05) is 18.2 Å². The van der Waals surface area contributed by atoms with Gasteiger partial charge in [0, 0.05) is 24.2 Å². The van der Waals surface area contributed by atoms with Crippen molar-refractivity contribution in [3.63, 3.8) is 0 Å². The van der Waals surface area contributed by atoms with Crippen LogP contribution < -0.4 is 19.1 Å². The van der Waals surface area contributed by atoms with Gasteiger partial charge >= 0.3 is 0 Å². The Kier molecular flexibility index (Phi) is 4.03. The number of hydrogen-bond donors (Lipinski definition) is 1. The molecule has 0 bridgehead atoms. The van der Waals surface area contributed by atoms with Gasteiger partial charge in [0.25, 0.3) is 0 Å². The Labute approximate surface area is 157 Å². The summed E-state index contributed by atoms with van der Waals surface area (Å²) in [4.78, 5) is 12.9. The van der Waals surface area contributed by atoms with Crippen LogP contribution >= 0.6 is 0 Å². The lowest BCUT2D eigenvalue weighted by atomic mass is 10.2. The lowest BCUT2D eigenvalue weighted by Gasteiger charge is -2.23. The maximum Gasteiger partial charge on any atom is 0.250 e. The van der Waals surface area contributed by atoms with Crippen LogP contribution in [0, 0.1) is 5.92 Å². The van der Waals surface area contributed by atoms with Crippen LogP contribution in [0.3, 0.4) is 0 Å². The minimum atomic E-state index is -3.79. The zero-order valence-electron chi connectivity index (χ0n) is 15.0. The average Bonchev–Trinajstić information content (AvgIpc) is 3.37. The van der Waals surface area contributed by atoms with Gasteiger partial charge in [-0.3, -0.25) is 9.10 Å². The quantitative estimate of drug-likeness (QED) is 0.849. The molecule has 8 heteroatoms. The molecular weight excluding hydrogens is 368 g/mol.